The second-order valence-electron chi connectivity index (χ2n) is 7.67. The molecule has 6 heteroatoms. The summed E-state index contributed by atoms with van der Waals surface area (Å²) in [5.74, 6) is 0.0878. The summed E-state index contributed by atoms with van der Waals surface area (Å²) in [6, 6.07) is 11.0. The van der Waals surface area contributed by atoms with Gasteiger partial charge in [-0.3, -0.25) is 4.79 Å². The van der Waals surface area contributed by atoms with E-state index in [1.54, 1.807) is 12.1 Å². The Bertz CT molecular complexity index is 896. The van der Waals surface area contributed by atoms with Crippen LogP contribution in [0.25, 0.3) is 0 Å². The highest BCUT2D eigenvalue weighted by Gasteiger charge is 2.21. The predicted octanol–water partition coefficient (Wildman–Crippen LogP) is 6.70. The maximum absolute atomic E-state index is 12.6. The molecule has 1 amide bonds. The Labute approximate surface area is 189 Å². The zero-order chi connectivity index (χ0) is 23.4. The number of rotatable bonds is 3. The minimum absolute atomic E-state index is 0.344. The largest absolute Gasteiger partial charge is 0.342 e. The molecule has 1 fully saturated rings. The van der Waals surface area contributed by atoms with Gasteiger partial charge in [-0.2, -0.15) is 5.26 Å². The molecule has 0 radical (unpaired) electrons. The van der Waals surface area contributed by atoms with Gasteiger partial charge in [0.05, 0.1) is 10.6 Å². The van der Waals surface area contributed by atoms with Gasteiger partial charge in [-0.25, -0.2) is 8.78 Å². The Morgan fingerprint density at radius 1 is 1.23 bits per heavy atom. The fraction of sp³-hybridized carbons (Fsp3) is 0.440. The van der Waals surface area contributed by atoms with Crippen LogP contribution in [0, 0.1) is 35.8 Å². The van der Waals surface area contributed by atoms with Crippen molar-refractivity contribution in [3.8, 4) is 6.07 Å². The fourth-order valence-electron chi connectivity index (χ4n) is 3.05. The summed E-state index contributed by atoms with van der Waals surface area (Å²) in [6.07, 6.45) is 3.50. The van der Waals surface area contributed by atoms with Crippen molar-refractivity contribution in [1.82, 2.24) is 4.90 Å². The lowest BCUT2D eigenvalue weighted by Crippen LogP contribution is -2.27. The maximum atomic E-state index is 12.6. The highest BCUT2D eigenvalue weighted by Crippen LogP contribution is 2.16. The number of halogens is 3. The first-order valence-corrected chi connectivity index (χ1v) is 11.0. The molecular weight excluding hydrogens is 418 g/mol. The molecule has 168 valence electrons. The van der Waals surface area contributed by atoms with Gasteiger partial charge in [-0.05, 0) is 61.4 Å². The molecule has 3 rings (SSSR count). The number of nitriles is 1. The number of benzene rings is 2. The second kappa shape index (κ2) is 13.8. The molecular formula is C25H31ClF2N2O. The number of aryl methyl sites for hydroxylation is 2. The van der Waals surface area contributed by atoms with Crippen LogP contribution < -0.4 is 0 Å². The summed E-state index contributed by atoms with van der Waals surface area (Å²) in [7, 11) is 0. The Morgan fingerprint density at radius 3 is 2.42 bits per heavy atom. The monoisotopic (exact) mass is 448 g/mol. The molecule has 0 unspecified atom stereocenters. The first kappa shape index (κ1) is 26.6. The summed E-state index contributed by atoms with van der Waals surface area (Å²) < 4.78 is 24.9. The average molecular weight is 449 g/mol. The molecule has 2 aromatic carbocycles. The van der Waals surface area contributed by atoms with Gasteiger partial charge in [-0.15, -0.1) is 0 Å². The van der Waals surface area contributed by atoms with Crippen molar-refractivity contribution in [3.05, 3.63) is 69.7 Å². The van der Waals surface area contributed by atoms with Gasteiger partial charge < -0.3 is 4.90 Å². The highest BCUT2D eigenvalue weighted by atomic mass is 35.5. The normalized spacial score (nSPS) is 14.6. The number of hydrogen-bond acceptors (Lipinski definition) is 2. The van der Waals surface area contributed by atoms with Crippen LogP contribution in [0.5, 0.6) is 0 Å². The first-order valence-electron chi connectivity index (χ1n) is 10.6. The quantitative estimate of drug-likeness (QED) is 0.524. The van der Waals surface area contributed by atoms with Crippen LogP contribution in [0.4, 0.5) is 8.78 Å². The highest BCUT2D eigenvalue weighted by molar-refractivity contribution is 6.31. The van der Waals surface area contributed by atoms with E-state index in [1.807, 2.05) is 30.9 Å². The van der Waals surface area contributed by atoms with Crippen molar-refractivity contribution < 1.29 is 13.6 Å². The minimum Gasteiger partial charge on any atom is -0.342 e. The van der Waals surface area contributed by atoms with Crippen molar-refractivity contribution in [3.63, 3.8) is 0 Å². The van der Waals surface area contributed by atoms with E-state index in [9.17, 15) is 13.6 Å². The van der Waals surface area contributed by atoms with Gasteiger partial charge >= 0.3 is 0 Å². The molecule has 1 heterocycles. The Balaban J connectivity index is 0.000000233. The molecule has 0 bridgehead atoms. The van der Waals surface area contributed by atoms with Gasteiger partial charge in [-0.1, -0.05) is 44.5 Å². The Kier molecular flexibility index (Phi) is 11.8. The van der Waals surface area contributed by atoms with Crippen molar-refractivity contribution in [2.24, 2.45) is 5.92 Å². The number of nitrogens with zero attached hydrogens (tertiary/aromatic N) is 2. The van der Waals surface area contributed by atoms with Gasteiger partial charge in [0.2, 0.25) is 5.91 Å². The Hall–Kier alpha value is -2.45. The molecule has 0 aromatic heterocycles. The SMILES string of the molecule is CCCC(=O)N1CC[C@H](C)C1.CCc1ccc(F)cc1F.Cc1ccc(C#N)c(Cl)c1. The topological polar surface area (TPSA) is 44.1 Å². The summed E-state index contributed by atoms with van der Waals surface area (Å²) >= 11 is 5.71. The molecule has 0 aliphatic carbocycles. The number of hydrogen-bond donors (Lipinski definition) is 0. The summed E-state index contributed by atoms with van der Waals surface area (Å²) in [4.78, 5) is 13.3. The van der Waals surface area contributed by atoms with Crippen LogP contribution >= 0.6 is 11.6 Å². The molecule has 1 aliphatic heterocycles. The van der Waals surface area contributed by atoms with Crippen LogP contribution in [0.15, 0.2) is 36.4 Å². The van der Waals surface area contributed by atoms with Crippen molar-refractivity contribution >= 4 is 17.5 Å². The molecule has 31 heavy (non-hydrogen) atoms. The lowest BCUT2D eigenvalue weighted by Gasteiger charge is -2.14. The first-order chi connectivity index (χ1) is 14.7. The maximum Gasteiger partial charge on any atom is 0.222 e. The minimum atomic E-state index is -0.519. The molecule has 2 aromatic rings. The zero-order valence-corrected chi connectivity index (χ0v) is 19.5. The summed E-state index contributed by atoms with van der Waals surface area (Å²) in [6.45, 7) is 10.00. The third-order valence-corrected chi connectivity index (χ3v) is 5.19. The molecule has 1 saturated heterocycles. The van der Waals surface area contributed by atoms with E-state index in [2.05, 4.69) is 13.8 Å². The van der Waals surface area contributed by atoms with Crippen LogP contribution in [0.3, 0.4) is 0 Å². The number of carbonyl (C=O) groups excluding carboxylic acids is 1. The summed E-state index contributed by atoms with van der Waals surface area (Å²) in [5.41, 5.74) is 2.16. The predicted molar refractivity (Wildman–Crippen MR) is 122 cm³/mol. The molecule has 3 nitrogen and oxygen atoms in total. The zero-order valence-electron chi connectivity index (χ0n) is 18.7. The fourth-order valence-corrected chi connectivity index (χ4v) is 3.33. The van der Waals surface area contributed by atoms with Gasteiger partial charge in [0.15, 0.2) is 0 Å². The van der Waals surface area contributed by atoms with Gasteiger partial charge in [0.25, 0.3) is 0 Å². The number of amides is 1. The standard InChI is InChI=1S/C9H17NO.C8H6ClN.C8H8F2/c1-3-4-9(11)10-6-5-8(2)7-10;1-6-2-3-7(5-10)8(9)4-6;1-2-6-3-4-7(9)5-8(6)10/h8H,3-7H2,1-2H3;2-4H,1H3;3-5H,2H2,1H3/t8-;;/m0../s1. The molecule has 0 saturated carbocycles. The van der Waals surface area contributed by atoms with Crippen molar-refractivity contribution in [2.75, 3.05) is 13.1 Å². The third kappa shape index (κ3) is 9.48. The molecule has 1 atom stereocenters. The van der Waals surface area contributed by atoms with Crippen molar-refractivity contribution in [1.29, 1.82) is 5.26 Å². The van der Waals surface area contributed by atoms with Crippen LogP contribution in [-0.2, 0) is 11.2 Å². The lowest BCUT2D eigenvalue weighted by molar-refractivity contribution is -0.130. The number of likely N-dealkylation sites (tertiary alicyclic amines) is 1. The van der Waals surface area contributed by atoms with Crippen LogP contribution in [0.2, 0.25) is 5.02 Å². The van der Waals surface area contributed by atoms with Gasteiger partial charge in [0, 0.05) is 25.6 Å². The van der Waals surface area contributed by atoms with E-state index in [0.717, 1.165) is 43.5 Å². The van der Waals surface area contributed by atoms with E-state index < -0.39 is 11.6 Å². The van der Waals surface area contributed by atoms with E-state index in [4.69, 9.17) is 16.9 Å². The second-order valence-corrected chi connectivity index (χ2v) is 8.08. The summed E-state index contributed by atoms with van der Waals surface area (Å²) in [5, 5.41) is 9.00. The van der Waals surface area contributed by atoms with E-state index in [0.29, 0.717) is 28.5 Å². The number of carbonyl (C=O) groups is 1. The lowest BCUT2D eigenvalue weighted by atomic mass is 10.1. The van der Waals surface area contributed by atoms with Gasteiger partial charge in [0.1, 0.15) is 17.7 Å². The molecule has 0 N–H and O–H groups in total. The third-order valence-electron chi connectivity index (χ3n) is 4.88. The van der Waals surface area contributed by atoms with Crippen molar-refractivity contribution in [2.45, 2.75) is 53.4 Å². The molecule has 0 spiro atoms. The average Bonchev–Trinajstić information content (AvgIpc) is 3.16. The smallest absolute Gasteiger partial charge is 0.222 e. The van der Waals surface area contributed by atoms with E-state index in [1.165, 1.54) is 18.6 Å². The van der Waals surface area contributed by atoms with E-state index in [-0.39, 0.29) is 0 Å². The Morgan fingerprint density at radius 2 is 1.94 bits per heavy atom. The van der Waals surface area contributed by atoms with Crippen LogP contribution in [0.1, 0.15) is 56.7 Å². The molecule has 1 aliphatic rings. The van der Waals surface area contributed by atoms with E-state index >= 15 is 0 Å². The van der Waals surface area contributed by atoms with Crippen LogP contribution in [-0.4, -0.2) is 23.9 Å².